The molecule has 0 amide bonds. The highest BCUT2D eigenvalue weighted by Gasteiger charge is 2.13. The number of nitro benzene ring substituents is 1. The molecule has 0 aliphatic heterocycles. The van der Waals surface area contributed by atoms with Crippen molar-refractivity contribution < 1.29 is 9.72 Å². The summed E-state index contributed by atoms with van der Waals surface area (Å²) in [6.45, 7) is 6.37. The molecule has 0 unspecified atom stereocenters. The standard InChI is InChI=1S/C19H19NO3/c1-19(2,3)16-9-7-15(8-10-16)18(21)13-6-14-4-11-17(12-5-14)20(22)23/h4-13H,1-3H3/b13-6+. The zero-order valence-electron chi connectivity index (χ0n) is 13.4. The first kappa shape index (κ1) is 16.6. The van der Waals surface area contributed by atoms with E-state index in [1.165, 1.54) is 23.8 Å². The van der Waals surface area contributed by atoms with Crippen molar-refractivity contribution in [3.05, 3.63) is 81.4 Å². The maximum atomic E-state index is 12.2. The second-order valence-corrected chi connectivity index (χ2v) is 6.37. The molecule has 0 heterocycles. The van der Waals surface area contributed by atoms with Crippen LogP contribution in [0.3, 0.4) is 0 Å². The number of carbonyl (C=O) groups is 1. The van der Waals surface area contributed by atoms with Gasteiger partial charge in [0.15, 0.2) is 5.78 Å². The summed E-state index contributed by atoms with van der Waals surface area (Å²) in [6, 6.07) is 13.6. The fourth-order valence-corrected chi connectivity index (χ4v) is 2.11. The molecule has 0 radical (unpaired) electrons. The minimum Gasteiger partial charge on any atom is -0.289 e. The highest BCUT2D eigenvalue weighted by atomic mass is 16.6. The highest BCUT2D eigenvalue weighted by molar-refractivity contribution is 6.06. The van der Waals surface area contributed by atoms with Crippen molar-refractivity contribution >= 4 is 17.5 Å². The SMILES string of the molecule is CC(C)(C)c1ccc(C(=O)/C=C/c2ccc([N+](=O)[O-])cc2)cc1. The highest BCUT2D eigenvalue weighted by Crippen LogP contribution is 2.22. The molecule has 118 valence electrons. The molecule has 0 N–H and O–H groups in total. The van der Waals surface area contributed by atoms with E-state index in [9.17, 15) is 14.9 Å². The lowest BCUT2D eigenvalue weighted by Crippen LogP contribution is -2.11. The van der Waals surface area contributed by atoms with Gasteiger partial charge in [-0.05, 0) is 34.8 Å². The van der Waals surface area contributed by atoms with Crippen molar-refractivity contribution in [3.8, 4) is 0 Å². The van der Waals surface area contributed by atoms with Crippen molar-refractivity contribution in [1.82, 2.24) is 0 Å². The Morgan fingerprint density at radius 2 is 1.57 bits per heavy atom. The van der Waals surface area contributed by atoms with Crippen LogP contribution in [-0.4, -0.2) is 10.7 Å². The summed E-state index contributed by atoms with van der Waals surface area (Å²) in [5.74, 6) is -0.0937. The summed E-state index contributed by atoms with van der Waals surface area (Å²) in [4.78, 5) is 22.3. The predicted molar refractivity (Wildman–Crippen MR) is 91.6 cm³/mol. The van der Waals surface area contributed by atoms with E-state index in [-0.39, 0.29) is 16.9 Å². The van der Waals surface area contributed by atoms with E-state index in [4.69, 9.17) is 0 Å². The second kappa shape index (κ2) is 6.57. The molecule has 0 aliphatic carbocycles. The van der Waals surface area contributed by atoms with Gasteiger partial charge in [-0.2, -0.15) is 0 Å². The zero-order valence-corrected chi connectivity index (χ0v) is 13.4. The smallest absolute Gasteiger partial charge is 0.269 e. The number of carbonyl (C=O) groups excluding carboxylic acids is 1. The van der Waals surface area contributed by atoms with E-state index >= 15 is 0 Å². The summed E-state index contributed by atoms with van der Waals surface area (Å²) >= 11 is 0. The predicted octanol–water partition coefficient (Wildman–Crippen LogP) is 4.79. The average molecular weight is 309 g/mol. The Morgan fingerprint density at radius 1 is 1.00 bits per heavy atom. The fourth-order valence-electron chi connectivity index (χ4n) is 2.11. The average Bonchev–Trinajstić information content (AvgIpc) is 2.52. The van der Waals surface area contributed by atoms with Crippen LogP contribution in [0.15, 0.2) is 54.6 Å². The van der Waals surface area contributed by atoms with E-state index in [1.54, 1.807) is 18.2 Å². The van der Waals surface area contributed by atoms with Gasteiger partial charge in [0, 0.05) is 17.7 Å². The topological polar surface area (TPSA) is 60.2 Å². The normalized spacial score (nSPS) is 11.6. The van der Waals surface area contributed by atoms with Crippen molar-refractivity contribution in [2.24, 2.45) is 0 Å². The van der Waals surface area contributed by atoms with E-state index in [0.29, 0.717) is 5.56 Å². The van der Waals surface area contributed by atoms with Crippen molar-refractivity contribution in [3.63, 3.8) is 0 Å². The van der Waals surface area contributed by atoms with Gasteiger partial charge in [-0.1, -0.05) is 51.1 Å². The van der Waals surface area contributed by atoms with Crippen molar-refractivity contribution in [2.75, 3.05) is 0 Å². The minimum absolute atomic E-state index is 0.0336. The molecule has 0 bridgehead atoms. The maximum Gasteiger partial charge on any atom is 0.269 e. The molecule has 2 aromatic rings. The van der Waals surface area contributed by atoms with Crippen molar-refractivity contribution in [1.29, 1.82) is 0 Å². The number of ketones is 1. The third kappa shape index (κ3) is 4.36. The molecule has 0 saturated heterocycles. The largest absolute Gasteiger partial charge is 0.289 e. The molecule has 2 rings (SSSR count). The van der Waals surface area contributed by atoms with E-state index < -0.39 is 4.92 Å². The van der Waals surface area contributed by atoms with Gasteiger partial charge in [-0.3, -0.25) is 14.9 Å². The maximum absolute atomic E-state index is 12.2. The molecule has 0 aromatic heterocycles. The summed E-state index contributed by atoms with van der Waals surface area (Å²) in [7, 11) is 0. The molecular weight excluding hydrogens is 290 g/mol. The van der Waals surface area contributed by atoms with Crippen LogP contribution in [0, 0.1) is 10.1 Å². The lowest BCUT2D eigenvalue weighted by atomic mass is 9.86. The lowest BCUT2D eigenvalue weighted by Gasteiger charge is -2.18. The quantitative estimate of drug-likeness (QED) is 0.353. The van der Waals surface area contributed by atoms with Crippen LogP contribution in [0.4, 0.5) is 5.69 Å². The van der Waals surface area contributed by atoms with Crippen molar-refractivity contribution in [2.45, 2.75) is 26.2 Å². The lowest BCUT2D eigenvalue weighted by molar-refractivity contribution is -0.384. The number of rotatable bonds is 4. The molecule has 0 fully saturated rings. The Bertz CT molecular complexity index is 736. The van der Waals surface area contributed by atoms with Gasteiger partial charge >= 0.3 is 0 Å². The third-order valence-electron chi connectivity index (χ3n) is 3.57. The Hall–Kier alpha value is -2.75. The van der Waals surface area contributed by atoms with Gasteiger partial charge in [-0.25, -0.2) is 0 Å². The van der Waals surface area contributed by atoms with Gasteiger partial charge in [0.1, 0.15) is 0 Å². The Balaban J connectivity index is 2.10. The molecule has 4 nitrogen and oxygen atoms in total. The van der Waals surface area contributed by atoms with Gasteiger partial charge in [0.2, 0.25) is 0 Å². The summed E-state index contributed by atoms with van der Waals surface area (Å²) < 4.78 is 0. The van der Waals surface area contributed by atoms with Gasteiger partial charge < -0.3 is 0 Å². The van der Waals surface area contributed by atoms with E-state index in [1.807, 2.05) is 24.3 Å². The number of hydrogen-bond acceptors (Lipinski definition) is 3. The van der Waals surface area contributed by atoms with Crippen LogP contribution in [-0.2, 0) is 5.41 Å². The first-order chi connectivity index (χ1) is 10.8. The molecule has 0 aliphatic rings. The molecule has 4 heteroatoms. The minimum atomic E-state index is -0.449. The summed E-state index contributed by atoms with van der Waals surface area (Å²) in [5.41, 5.74) is 2.63. The Morgan fingerprint density at radius 3 is 2.04 bits per heavy atom. The number of nitro groups is 1. The molecule has 0 atom stereocenters. The van der Waals surface area contributed by atoms with E-state index in [0.717, 1.165) is 5.56 Å². The zero-order chi connectivity index (χ0) is 17.0. The van der Waals surface area contributed by atoms with Gasteiger partial charge in [0.05, 0.1) is 4.92 Å². The molecular formula is C19H19NO3. The summed E-state index contributed by atoms with van der Waals surface area (Å²) in [5, 5.41) is 10.6. The van der Waals surface area contributed by atoms with Crippen LogP contribution in [0.1, 0.15) is 42.3 Å². The van der Waals surface area contributed by atoms with Gasteiger partial charge in [0.25, 0.3) is 5.69 Å². The van der Waals surface area contributed by atoms with E-state index in [2.05, 4.69) is 20.8 Å². The second-order valence-electron chi connectivity index (χ2n) is 6.37. The van der Waals surface area contributed by atoms with Crippen LogP contribution in [0.2, 0.25) is 0 Å². The molecule has 23 heavy (non-hydrogen) atoms. The monoisotopic (exact) mass is 309 g/mol. The third-order valence-corrected chi connectivity index (χ3v) is 3.57. The first-order valence-electron chi connectivity index (χ1n) is 7.35. The number of non-ortho nitro benzene ring substituents is 1. The fraction of sp³-hybridized carbons (Fsp3) is 0.211. The summed E-state index contributed by atoms with van der Waals surface area (Å²) in [6.07, 6.45) is 3.14. The number of benzene rings is 2. The molecule has 0 spiro atoms. The molecule has 2 aromatic carbocycles. The number of hydrogen-bond donors (Lipinski definition) is 0. The number of allylic oxidation sites excluding steroid dienone is 1. The van der Waals surface area contributed by atoms with Crippen LogP contribution in [0.5, 0.6) is 0 Å². The first-order valence-corrected chi connectivity index (χ1v) is 7.35. The van der Waals surface area contributed by atoms with Crippen LogP contribution >= 0.6 is 0 Å². The number of nitrogens with zero attached hydrogens (tertiary/aromatic N) is 1. The Kier molecular flexibility index (Phi) is 4.74. The molecule has 0 saturated carbocycles. The van der Waals surface area contributed by atoms with Crippen LogP contribution < -0.4 is 0 Å². The Labute approximate surface area is 135 Å². The van der Waals surface area contributed by atoms with Crippen LogP contribution in [0.25, 0.3) is 6.08 Å². The van der Waals surface area contributed by atoms with Gasteiger partial charge in [-0.15, -0.1) is 0 Å².